The highest BCUT2D eigenvalue weighted by Crippen LogP contribution is 2.17. The van der Waals surface area contributed by atoms with Crippen LogP contribution in [0.4, 0.5) is 0 Å². The number of aliphatic carboxylic acids is 1. The lowest BCUT2D eigenvalue weighted by atomic mass is 10.1. The summed E-state index contributed by atoms with van der Waals surface area (Å²) < 4.78 is 0.712. The molecular formula is C19H38NO3+. The van der Waals surface area contributed by atoms with Gasteiger partial charge in [0.15, 0.2) is 0 Å². The molecule has 0 radical (unpaired) electrons. The third-order valence-electron chi connectivity index (χ3n) is 4.46. The molecule has 0 spiro atoms. The molecule has 0 bridgehead atoms. The number of rotatable bonds is 15. The van der Waals surface area contributed by atoms with Gasteiger partial charge in [-0.2, -0.15) is 0 Å². The molecule has 0 aromatic heterocycles. The van der Waals surface area contributed by atoms with Crippen LogP contribution < -0.4 is 0 Å². The quantitative estimate of drug-likeness (QED) is 0.255. The molecule has 2 N–H and O–H groups in total. The summed E-state index contributed by atoms with van der Waals surface area (Å²) in [6, 6.07) is 0. The Morgan fingerprint density at radius 2 is 1.43 bits per heavy atom. The zero-order valence-corrected chi connectivity index (χ0v) is 15.5. The van der Waals surface area contributed by atoms with Crippen LogP contribution in [0, 0.1) is 0 Å². The van der Waals surface area contributed by atoms with E-state index in [-0.39, 0.29) is 6.42 Å². The summed E-state index contributed by atoms with van der Waals surface area (Å²) in [7, 11) is 0. The maximum absolute atomic E-state index is 11.0. The molecule has 0 saturated heterocycles. The number of unbranched alkanes of at least 4 members (excludes halogenated alkanes) is 5. The van der Waals surface area contributed by atoms with E-state index in [1.807, 2.05) is 6.08 Å². The third-order valence-corrected chi connectivity index (χ3v) is 4.46. The van der Waals surface area contributed by atoms with Gasteiger partial charge in [-0.1, -0.05) is 46.5 Å². The molecule has 0 atom stereocenters. The molecule has 4 heteroatoms. The van der Waals surface area contributed by atoms with Gasteiger partial charge in [0.1, 0.15) is 12.3 Å². The largest absolute Gasteiger partial charge is 0.507 e. The average molecular weight is 329 g/mol. The molecule has 0 rings (SSSR count). The predicted molar refractivity (Wildman–Crippen MR) is 96.7 cm³/mol. The third kappa shape index (κ3) is 11.2. The van der Waals surface area contributed by atoms with Crippen molar-refractivity contribution in [2.75, 3.05) is 26.2 Å². The number of carboxylic acid groups (broad SMARTS) is 1. The number of aliphatic hydroxyl groups is 1. The van der Waals surface area contributed by atoms with Gasteiger partial charge in [-0.25, -0.2) is 0 Å². The lowest BCUT2D eigenvalue weighted by Gasteiger charge is -2.38. The van der Waals surface area contributed by atoms with Crippen molar-refractivity contribution >= 4 is 5.97 Å². The highest BCUT2D eigenvalue weighted by Gasteiger charge is 2.28. The summed E-state index contributed by atoms with van der Waals surface area (Å²) in [5.41, 5.74) is 0. The molecule has 0 saturated carbocycles. The van der Waals surface area contributed by atoms with Gasteiger partial charge in [0.05, 0.1) is 26.1 Å². The highest BCUT2D eigenvalue weighted by atomic mass is 16.4. The van der Waals surface area contributed by atoms with Crippen LogP contribution in [0.1, 0.15) is 78.6 Å². The minimum Gasteiger partial charge on any atom is -0.507 e. The van der Waals surface area contributed by atoms with Crippen molar-refractivity contribution in [3.8, 4) is 0 Å². The van der Waals surface area contributed by atoms with Gasteiger partial charge in [-0.3, -0.25) is 4.79 Å². The van der Waals surface area contributed by atoms with Crippen molar-refractivity contribution in [2.45, 2.75) is 78.6 Å². The molecular weight excluding hydrogens is 290 g/mol. The first-order valence-corrected chi connectivity index (χ1v) is 9.44. The number of quaternary nitrogens is 1. The van der Waals surface area contributed by atoms with Gasteiger partial charge >= 0.3 is 5.97 Å². The van der Waals surface area contributed by atoms with Gasteiger partial charge in [-0.15, -0.1) is 0 Å². The van der Waals surface area contributed by atoms with E-state index in [0.717, 1.165) is 51.6 Å². The van der Waals surface area contributed by atoms with Crippen LogP contribution in [0.15, 0.2) is 11.8 Å². The highest BCUT2D eigenvalue weighted by molar-refractivity contribution is 5.66. The van der Waals surface area contributed by atoms with Crippen molar-refractivity contribution in [3.05, 3.63) is 11.8 Å². The number of hydrogen-bond acceptors (Lipinski definition) is 2. The minimum absolute atomic E-state index is 0.177. The maximum atomic E-state index is 11.0. The summed E-state index contributed by atoms with van der Waals surface area (Å²) >= 11 is 0. The molecule has 0 aliphatic rings. The van der Waals surface area contributed by atoms with E-state index in [1.54, 1.807) is 0 Å². The summed E-state index contributed by atoms with van der Waals surface area (Å²) in [6.07, 6.45) is 10.9. The normalized spacial score (nSPS) is 12.6. The number of aliphatic hydroxyl groups excluding tert-OH is 1. The number of nitrogens with zero attached hydrogens (tertiary/aromatic N) is 1. The van der Waals surface area contributed by atoms with E-state index in [1.165, 1.54) is 12.8 Å². The Morgan fingerprint density at radius 3 is 1.91 bits per heavy atom. The fourth-order valence-electron chi connectivity index (χ4n) is 2.96. The zero-order chi connectivity index (χ0) is 17.6. The van der Waals surface area contributed by atoms with Crippen LogP contribution in [0.5, 0.6) is 0 Å². The molecule has 0 aliphatic carbocycles. The van der Waals surface area contributed by atoms with Crippen LogP contribution >= 0.6 is 0 Å². The Kier molecular flexibility index (Phi) is 12.8. The second kappa shape index (κ2) is 13.4. The number of allylic oxidation sites excluding steroid dienone is 1. The summed E-state index contributed by atoms with van der Waals surface area (Å²) in [4.78, 5) is 11.0. The first kappa shape index (κ1) is 22.0. The fraction of sp³-hybridized carbons (Fsp3) is 0.842. The number of carboxylic acids is 1. The second-order valence-corrected chi connectivity index (χ2v) is 6.71. The Hall–Kier alpha value is -1.03. The van der Waals surface area contributed by atoms with Crippen LogP contribution in [0.25, 0.3) is 0 Å². The van der Waals surface area contributed by atoms with Gasteiger partial charge in [0.25, 0.3) is 0 Å². The lowest BCUT2D eigenvalue weighted by molar-refractivity contribution is -0.925. The molecule has 23 heavy (non-hydrogen) atoms. The van der Waals surface area contributed by atoms with E-state index in [0.29, 0.717) is 23.3 Å². The summed E-state index contributed by atoms with van der Waals surface area (Å²) in [6.45, 7) is 9.60. The van der Waals surface area contributed by atoms with Gasteiger partial charge in [-0.05, 0) is 31.8 Å². The molecule has 4 nitrogen and oxygen atoms in total. The Balaban J connectivity index is 4.89. The Labute approximate surface area is 142 Å². The van der Waals surface area contributed by atoms with E-state index >= 15 is 0 Å². The van der Waals surface area contributed by atoms with Crippen molar-refractivity contribution in [2.24, 2.45) is 0 Å². The van der Waals surface area contributed by atoms with Crippen LogP contribution in [-0.2, 0) is 4.79 Å². The minimum atomic E-state index is -0.744. The van der Waals surface area contributed by atoms with Crippen molar-refractivity contribution in [1.29, 1.82) is 0 Å². The van der Waals surface area contributed by atoms with E-state index < -0.39 is 5.97 Å². The average Bonchev–Trinajstić information content (AvgIpc) is 2.53. The van der Waals surface area contributed by atoms with Crippen molar-refractivity contribution in [1.82, 2.24) is 0 Å². The molecule has 0 heterocycles. The monoisotopic (exact) mass is 328 g/mol. The summed E-state index contributed by atoms with van der Waals surface area (Å²) in [5.74, 6) is -0.300. The molecule has 0 amide bonds. The first-order chi connectivity index (χ1) is 11.0. The molecule has 0 aromatic rings. The molecule has 0 unspecified atom stereocenters. The second-order valence-electron chi connectivity index (χ2n) is 6.71. The predicted octanol–water partition coefficient (Wildman–Crippen LogP) is 4.90. The van der Waals surface area contributed by atoms with Crippen molar-refractivity contribution in [3.63, 3.8) is 0 Å². The van der Waals surface area contributed by atoms with Gasteiger partial charge in [0.2, 0.25) is 0 Å². The van der Waals surface area contributed by atoms with Gasteiger partial charge in [0, 0.05) is 0 Å². The van der Waals surface area contributed by atoms with E-state index in [2.05, 4.69) is 20.8 Å². The maximum Gasteiger partial charge on any atom is 0.309 e. The first-order valence-electron chi connectivity index (χ1n) is 9.44. The standard InChI is InChI=1S/C19H37NO3/c1-4-7-10-11-12-18(21)17-20(14-8-5-2,15-9-6-3)16-13-19(22)23/h12H,4-11,13-17H2,1-3H3,(H-,21,22,23)/p+1/b18-12-. The smallest absolute Gasteiger partial charge is 0.309 e. The van der Waals surface area contributed by atoms with Crippen LogP contribution in [-0.4, -0.2) is 46.8 Å². The van der Waals surface area contributed by atoms with Crippen LogP contribution in [0.2, 0.25) is 0 Å². The lowest BCUT2D eigenvalue weighted by Crippen LogP contribution is -2.51. The molecule has 0 fully saturated rings. The van der Waals surface area contributed by atoms with Crippen molar-refractivity contribution < 1.29 is 19.5 Å². The Morgan fingerprint density at radius 1 is 0.870 bits per heavy atom. The van der Waals surface area contributed by atoms with Crippen LogP contribution in [0.3, 0.4) is 0 Å². The fourth-order valence-corrected chi connectivity index (χ4v) is 2.96. The topological polar surface area (TPSA) is 57.5 Å². The number of carbonyl (C=O) groups is 1. The summed E-state index contributed by atoms with van der Waals surface area (Å²) in [5, 5.41) is 19.4. The van der Waals surface area contributed by atoms with E-state index in [4.69, 9.17) is 5.11 Å². The van der Waals surface area contributed by atoms with Gasteiger partial charge < -0.3 is 14.7 Å². The van der Waals surface area contributed by atoms with E-state index in [9.17, 15) is 9.90 Å². The Bertz CT molecular complexity index is 332. The SMILES string of the molecule is CCCCC/C=C(\O)C[N+](CCCC)(CCCC)CCC(=O)O. The molecule has 0 aromatic carbocycles. The molecule has 136 valence electrons. The molecule has 0 aliphatic heterocycles. The zero-order valence-electron chi connectivity index (χ0n) is 15.5. The number of hydrogen-bond donors (Lipinski definition) is 2.